The highest BCUT2D eigenvalue weighted by Crippen LogP contribution is 2.13. The molecule has 0 N–H and O–H groups in total. The molecule has 0 heterocycles. The maximum absolute atomic E-state index is 3.71. The summed E-state index contributed by atoms with van der Waals surface area (Å²) in [5.74, 6) is 2.37. The van der Waals surface area contributed by atoms with Gasteiger partial charge in [0.25, 0.3) is 0 Å². The third kappa shape index (κ3) is 4.79. The Morgan fingerprint density at radius 2 is 2.00 bits per heavy atom. The summed E-state index contributed by atoms with van der Waals surface area (Å²) in [5.41, 5.74) is 1.42. The molecular formula is C12H16S. The zero-order valence-electron chi connectivity index (χ0n) is 7.91. The average molecular weight is 192 g/mol. The van der Waals surface area contributed by atoms with Gasteiger partial charge in [-0.1, -0.05) is 36.4 Å². The summed E-state index contributed by atoms with van der Waals surface area (Å²) in [4.78, 5) is 0. The van der Waals surface area contributed by atoms with Gasteiger partial charge in [0.05, 0.1) is 0 Å². The molecule has 0 spiro atoms. The first-order chi connectivity index (χ1) is 6.43. The quantitative estimate of drug-likeness (QED) is 0.487. The minimum absolute atomic E-state index is 1.14. The number of allylic oxidation sites excluding steroid dienone is 1. The van der Waals surface area contributed by atoms with Gasteiger partial charge in [0.1, 0.15) is 0 Å². The molecule has 0 nitrogen and oxygen atoms in total. The molecule has 0 aromatic heterocycles. The van der Waals surface area contributed by atoms with Crippen LogP contribution in [0.1, 0.15) is 18.4 Å². The first-order valence-electron chi connectivity index (χ1n) is 4.66. The van der Waals surface area contributed by atoms with Gasteiger partial charge < -0.3 is 0 Å². The van der Waals surface area contributed by atoms with Crippen molar-refractivity contribution < 1.29 is 0 Å². The van der Waals surface area contributed by atoms with Crippen molar-refractivity contribution in [3.8, 4) is 0 Å². The number of hydrogen-bond acceptors (Lipinski definition) is 1. The minimum atomic E-state index is 1.14. The van der Waals surface area contributed by atoms with Gasteiger partial charge in [-0.3, -0.25) is 0 Å². The summed E-state index contributed by atoms with van der Waals surface area (Å²) in [5, 5.41) is 0. The minimum Gasteiger partial charge on any atom is -0.157 e. The van der Waals surface area contributed by atoms with Gasteiger partial charge >= 0.3 is 0 Å². The van der Waals surface area contributed by atoms with E-state index >= 15 is 0 Å². The lowest BCUT2D eigenvalue weighted by Crippen LogP contribution is -1.82. The van der Waals surface area contributed by atoms with Crippen LogP contribution in [0.15, 0.2) is 43.0 Å². The second-order valence-electron chi connectivity index (χ2n) is 2.97. The molecule has 0 bridgehead atoms. The van der Waals surface area contributed by atoms with Crippen LogP contribution in [0.2, 0.25) is 0 Å². The Bertz CT molecular complexity index is 228. The van der Waals surface area contributed by atoms with Gasteiger partial charge in [-0.15, -0.1) is 6.58 Å². The molecule has 0 aliphatic heterocycles. The summed E-state index contributed by atoms with van der Waals surface area (Å²) in [6.45, 7) is 3.71. The van der Waals surface area contributed by atoms with Crippen LogP contribution in [0.3, 0.4) is 0 Å². The van der Waals surface area contributed by atoms with Crippen molar-refractivity contribution in [2.45, 2.75) is 18.6 Å². The lowest BCUT2D eigenvalue weighted by Gasteiger charge is -1.99. The highest BCUT2D eigenvalue weighted by atomic mass is 32.2. The van der Waals surface area contributed by atoms with E-state index in [1.54, 1.807) is 0 Å². The predicted molar refractivity (Wildman–Crippen MR) is 62.0 cm³/mol. The summed E-state index contributed by atoms with van der Waals surface area (Å²) >= 11 is 2.00. The molecule has 13 heavy (non-hydrogen) atoms. The van der Waals surface area contributed by atoms with Gasteiger partial charge in [-0.05, 0) is 24.2 Å². The van der Waals surface area contributed by atoms with E-state index in [0.717, 1.165) is 12.2 Å². The maximum Gasteiger partial charge on any atom is 0.0184 e. The Morgan fingerprint density at radius 1 is 1.23 bits per heavy atom. The summed E-state index contributed by atoms with van der Waals surface area (Å²) in [6, 6.07) is 10.6. The normalized spacial score (nSPS) is 9.85. The lowest BCUT2D eigenvalue weighted by molar-refractivity contribution is 0.973. The number of rotatable bonds is 6. The monoisotopic (exact) mass is 192 g/mol. The van der Waals surface area contributed by atoms with Crippen molar-refractivity contribution in [3.63, 3.8) is 0 Å². The van der Waals surface area contributed by atoms with Crippen molar-refractivity contribution in [2.24, 2.45) is 0 Å². The van der Waals surface area contributed by atoms with Gasteiger partial charge in [0, 0.05) is 5.75 Å². The summed E-state index contributed by atoms with van der Waals surface area (Å²) < 4.78 is 0. The second-order valence-corrected chi connectivity index (χ2v) is 4.07. The van der Waals surface area contributed by atoms with Crippen LogP contribution < -0.4 is 0 Å². The van der Waals surface area contributed by atoms with Crippen LogP contribution in [0.25, 0.3) is 0 Å². The Hall–Kier alpha value is -0.690. The van der Waals surface area contributed by atoms with E-state index in [9.17, 15) is 0 Å². The molecule has 0 atom stereocenters. The van der Waals surface area contributed by atoms with E-state index in [2.05, 4.69) is 36.9 Å². The Balaban J connectivity index is 2.10. The number of thioether (sulfide) groups is 1. The molecule has 0 aliphatic rings. The molecule has 0 saturated carbocycles. The summed E-state index contributed by atoms with van der Waals surface area (Å²) in [7, 11) is 0. The van der Waals surface area contributed by atoms with Gasteiger partial charge in [0.2, 0.25) is 0 Å². The second kappa shape index (κ2) is 6.79. The smallest absolute Gasteiger partial charge is 0.0184 e. The predicted octanol–water partition coefficient (Wildman–Crippen LogP) is 3.89. The van der Waals surface area contributed by atoms with Crippen LogP contribution in [-0.4, -0.2) is 5.75 Å². The average Bonchev–Trinajstić information content (AvgIpc) is 2.19. The standard InChI is InChI=1S/C12H16S/c1-2-3-7-10-13-11-12-8-5-4-6-9-12/h2,4-6,8-9H,1,3,7,10-11H2. The molecule has 1 aromatic carbocycles. The molecule has 1 aromatic rings. The van der Waals surface area contributed by atoms with Crippen LogP contribution in [-0.2, 0) is 5.75 Å². The van der Waals surface area contributed by atoms with Crippen molar-refractivity contribution >= 4 is 11.8 Å². The topological polar surface area (TPSA) is 0 Å². The fraction of sp³-hybridized carbons (Fsp3) is 0.333. The molecular weight excluding hydrogens is 176 g/mol. The number of unbranched alkanes of at least 4 members (excludes halogenated alkanes) is 1. The molecule has 0 aliphatic carbocycles. The van der Waals surface area contributed by atoms with Crippen LogP contribution in [0.4, 0.5) is 0 Å². The molecule has 0 unspecified atom stereocenters. The third-order valence-electron chi connectivity index (χ3n) is 1.81. The third-order valence-corrected chi connectivity index (χ3v) is 2.92. The van der Waals surface area contributed by atoms with Crippen LogP contribution in [0, 0.1) is 0 Å². The van der Waals surface area contributed by atoms with Crippen LogP contribution >= 0.6 is 11.8 Å². The van der Waals surface area contributed by atoms with Gasteiger partial charge in [-0.25, -0.2) is 0 Å². The lowest BCUT2D eigenvalue weighted by atomic mass is 10.2. The van der Waals surface area contributed by atoms with E-state index in [1.807, 2.05) is 17.8 Å². The molecule has 0 radical (unpaired) electrons. The molecule has 0 saturated heterocycles. The largest absolute Gasteiger partial charge is 0.157 e. The first kappa shape index (κ1) is 10.4. The summed E-state index contributed by atoms with van der Waals surface area (Å²) in [6.07, 6.45) is 4.38. The van der Waals surface area contributed by atoms with Gasteiger partial charge in [-0.2, -0.15) is 11.8 Å². The highest BCUT2D eigenvalue weighted by Gasteiger charge is 1.91. The van der Waals surface area contributed by atoms with Crippen molar-refractivity contribution in [3.05, 3.63) is 48.6 Å². The van der Waals surface area contributed by atoms with E-state index in [4.69, 9.17) is 0 Å². The van der Waals surface area contributed by atoms with E-state index in [0.29, 0.717) is 0 Å². The van der Waals surface area contributed by atoms with E-state index in [1.165, 1.54) is 17.7 Å². The molecule has 1 heteroatoms. The fourth-order valence-corrected chi connectivity index (χ4v) is 2.04. The van der Waals surface area contributed by atoms with E-state index in [-0.39, 0.29) is 0 Å². The van der Waals surface area contributed by atoms with Crippen LogP contribution in [0.5, 0.6) is 0 Å². The van der Waals surface area contributed by atoms with Crippen molar-refractivity contribution in [2.75, 3.05) is 5.75 Å². The highest BCUT2D eigenvalue weighted by molar-refractivity contribution is 7.98. The molecule has 1 rings (SSSR count). The maximum atomic E-state index is 3.71. The SMILES string of the molecule is C=CCCCSCc1ccccc1. The molecule has 0 fully saturated rings. The molecule has 70 valence electrons. The Kier molecular flexibility index (Phi) is 5.42. The Morgan fingerprint density at radius 3 is 2.69 bits per heavy atom. The van der Waals surface area contributed by atoms with E-state index < -0.39 is 0 Å². The fourth-order valence-electron chi connectivity index (χ4n) is 1.09. The zero-order chi connectivity index (χ0) is 9.36. The zero-order valence-corrected chi connectivity index (χ0v) is 8.72. The van der Waals surface area contributed by atoms with Crippen molar-refractivity contribution in [1.29, 1.82) is 0 Å². The molecule has 0 amide bonds. The van der Waals surface area contributed by atoms with Crippen molar-refractivity contribution in [1.82, 2.24) is 0 Å². The van der Waals surface area contributed by atoms with Gasteiger partial charge in [0.15, 0.2) is 0 Å². The first-order valence-corrected chi connectivity index (χ1v) is 5.81. The number of hydrogen-bond donors (Lipinski definition) is 0. The number of benzene rings is 1. The Labute approximate surface area is 85.1 Å².